The van der Waals surface area contributed by atoms with Crippen molar-refractivity contribution in [3.8, 4) is 0 Å². The maximum atomic E-state index is 9.37. The van der Waals surface area contributed by atoms with Gasteiger partial charge < -0.3 is 10.4 Å². The van der Waals surface area contributed by atoms with Crippen LogP contribution in [0.5, 0.6) is 0 Å². The molecule has 0 aliphatic carbocycles. The number of aliphatic hydroxyl groups excluding tert-OH is 1. The van der Waals surface area contributed by atoms with E-state index >= 15 is 0 Å². The third-order valence-corrected chi connectivity index (χ3v) is 3.79. The van der Waals surface area contributed by atoms with Gasteiger partial charge in [0.05, 0.1) is 6.61 Å². The van der Waals surface area contributed by atoms with Crippen molar-refractivity contribution in [1.82, 2.24) is 5.32 Å². The Balaban J connectivity index is 2.79. The molecule has 1 rings (SSSR count). The summed E-state index contributed by atoms with van der Waals surface area (Å²) in [6, 6.07) is 4.47. The molecule has 0 amide bonds. The Labute approximate surface area is 105 Å². The predicted octanol–water partition coefficient (Wildman–Crippen LogP) is 2.86. The smallest absolute Gasteiger partial charge is 0.0610 e. The molecular formula is C15H25NO. The van der Waals surface area contributed by atoms with Crippen molar-refractivity contribution < 1.29 is 5.11 Å². The fourth-order valence-corrected chi connectivity index (χ4v) is 1.81. The van der Waals surface area contributed by atoms with Crippen molar-refractivity contribution in [3.63, 3.8) is 0 Å². The summed E-state index contributed by atoms with van der Waals surface area (Å²) < 4.78 is 0. The lowest BCUT2D eigenvalue weighted by Gasteiger charge is -2.28. The monoisotopic (exact) mass is 235 g/mol. The number of rotatable bonds is 5. The van der Waals surface area contributed by atoms with Crippen molar-refractivity contribution in [2.75, 3.05) is 6.61 Å². The Morgan fingerprint density at radius 2 is 1.71 bits per heavy atom. The van der Waals surface area contributed by atoms with Crippen molar-refractivity contribution in [2.24, 2.45) is 0 Å². The van der Waals surface area contributed by atoms with Crippen LogP contribution in [0, 0.1) is 20.8 Å². The Morgan fingerprint density at radius 1 is 1.12 bits per heavy atom. The second-order valence-corrected chi connectivity index (χ2v) is 5.29. The van der Waals surface area contributed by atoms with Gasteiger partial charge in [0.15, 0.2) is 0 Å². The van der Waals surface area contributed by atoms with Crippen LogP contribution >= 0.6 is 0 Å². The van der Waals surface area contributed by atoms with Gasteiger partial charge >= 0.3 is 0 Å². The standard InChI is InChI=1S/C15H25NO/c1-6-15(5,10-17)16-9-14-8-12(3)11(2)7-13(14)4/h7-8,16-17H,6,9-10H2,1-5H3. The molecule has 2 nitrogen and oxygen atoms in total. The first-order valence-electron chi connectivity index (χ1n) is 6.34. The molecule has 0 saturated heterocycles. The normalized spacial score (nSPS) is 14.7. The highest BCUT2D eigenvalue weighted by Gasteiger charge is 2.19. The average molecular weight is 235 g/mol. The number of aliphatic hydroxyl groups is 1. The number of nitrogens with one attached hydrogen (secondary N) is 1. The fourth-order valence-electron chi connectivity index (χ4n) is 1.81. The van der Waals surface area contributed by atoms with E-state index in [2.05, 4.69) is 52.1 Å². The van der Waals surface area contributed by atoms with Crippen LogP contribution < -0.4 is 5.32 Å². The van der Waals surface area contributed by atoms with Gasteiger partial charge in [-0.05, 0) is 56.4 Å². The van der Waals surface area contributed by atoms with E-state index < -0.39 is 0 Å². The molecule has 0 fully saturated rings. The van der Waals surface area contributed by atoms with Crippen LogP contribution in [0.2, 0.25) is 0 Å². The highest BCUT2D eigenvalue weighted by molar-refractivity contribution is 5.36. The first-order valence-corrected chi connectivity index (χ1v) is 6.34. The van der Waals surface area contributed by atoms with Crippen LogP contribution in [0.15, 0.2) is 12.1 Å². The highest BCUT2D eigenvalue weighted by atomic mass is 16.3. The van der Waals surface area contributed by atoms with E-state index in [1.807, 2.05) is 0 Å². The first-order chi connectivity index (χ1) is 7.91. The van der Waals surface area contributed by atoms with Gasteiger partial charge in [-0.25, -0.2) is 0 Å². The predicted molar refractivity (Wildman–Crippen MR) is 73.3 cm³/mol. The van der Waals surface area contributed by atoms with Gasteiger partial charge in [-0.1, -0.05) is 19.1 Å². The molecule has 0 aliphatic rings. The van der Waals surface area contributed by atoms with E-state index in [0.29, 0.717) is 0 Å². The van der Waals surface area contributed by atoms with E-state index in [0.717, 1.165) is 13.0 Å². The quantitative estimate of drug-likeness (QED) is 0.822. The molecule has 1 aromatic carbocycles. The van der Waals surface area contributed by atoms with Gasteiger partial charge in [0.1, 0.15) is 0 Å². The molecular weight excluding hydrogens is 210 g/mol. The zero-order chi connectivity index (χ0) is 13.1. The molecule has 2 N–H and O–H groups in total. The first kappa shape index (κ1) is 14.2. The van der Waals surface area contributed by atoms with Crippen molar-refractivity contribution in [2.45, 2.75) is 53.1 Å². The second kappa shape index (κ2) is 5.65. The van der Waals surface area contributed by atoms with E-state index in [4.69, 9.17) is 0 Å². The summed E-state index contributed by atoms with van der Waals surface area (Å²) in [4.78, 5) is 0. The minimum Gasteiger partial charge on any atom is -0.394 e. The Morgan fingerprint density at radius 3 is 2.24 bits per heavy atom. The Bertz CT molecular complexity index is 381. The summed E-state index contributed by atoms with van der Waals surface area (Å²) in [5.74, 6) is 0. The topological polar surface area (TPSA) is 32.3 Å². The molecule has 0 spiro atoms. The summed E-state index contributed by atoms with van der Waals surface area (Å²) in [5.41, 5.74) is 5.13. The lowest BCUT2D eigenvalue weighted by Crippen LogP contribution is -2.44. The van der Waals surface area contributed by atoms with E-state index in [1.165, 1.54) is 22.3 Å². The van der Waals surface area contributed by atoms with E-state index in [9.17, 15) is 5.11 Å². The molecule has 96 valence electrons. The zero-order valence-electron chi connectivity index (χ0n) is 11.7. The highest BCUT2D eigenvalue weighted by Crippen LogP contribution is 2.17. The van der Waals surface area contributed by atoms with Crippen LogP contribution in [-0.2, 0) is 6.54 Å². The van der Waals surface area contributed by atoms with Gasteiger partial charge in [-0.15, -0.1) is 0 Å². The molecule has 2 heteroatoms. The van der Waals surface area contributed by atoms with Crippen LogP contribution in [0.4, 0.5) is 0 Å². The van der Waals surface area contributed by atoms with Crippen LogP contribution in [0.25, 0.3) is 0 Å². The number of benzene rings is 1. The number of aryl methyl sites for hydroxylation is 3. The van der Waals surface area contributed by atoms with E-state index in [-0.39, 0.29) is 12.1 Å². The maximum absolute atomic E-state index is 9.37. The molecule has 1 aromatic rings. The maximum Gasteiger partial charge on any atom is 0.0610 e. The summed E-state index contributed by atoms with van der Waals surface area (Å²) in [6.45, 7) is 11.6. The minimum absolute atomic E-state index is 0.174. The SMILES string of the molecule is CCC(C)(CO)NCc1cc(C)c(C)cc1C. The molecule has 0 aliphatic heterocycles. The average Bonchev–Trinajstić information content (AvgIpc) is 2.32. The summed E-state index contributed by atoms with van der Waals surface area (Å²) in [5, 5.41) is 12.8. The van der Waals surface area contributed by atoms with Crippen LogP contribution in [0.1, 0.15) is 42.5 Å². The largest absolute Gasteiger partial charge is 0.394 e. The summed E-state index contributed by atoms with van der Waals surface area (Å²) in [6.07, 6.45) is 0.924. The van der Waals surface area contributed by atoms with Crippen LogP contribution in [0.3, 0.4) is 0 Å². The van der Waals surface area contributed by atoms with E-state index in [1.54, 1.807) is 0 Å². The van der Waals surface area contributed by atoms with Crippen LogP contribution in [-0.4, -0.2) is 17.3 Å². The van der Waals surface area contributed by atoms with Gasteiger partial charge in [0.25, 0.3) is 0 Å². The zero-order valence-corrected chi connectivity index (χ0v) is 11.7. The Kier molecular flexibility index (Phi) is 4.72. The Hall–Kier alpha value is -0.860. The van der Waals surface area contributed by atoms with Crippen molar-refractivity contribution in [1.29, 1.82) is 0 Å². The molecule has 0 saturated carbocycles. The molecule has 17 heavy (non-hydrogen) atoms. The summed E-state index contributed by atoms with van der Waals surface area (Å²) >= 11 is 0. The lowest BCUT2D eigenvalue weighted by atomic mass is 9.97. The molecule has 0 radical (unpaired) electrons. The van der Waals surface area contributed by atoms with Crippen molar-refractivity contribution >= 4 is 0 Å². The molecule has 0 bridgehead atoms. The molecule has 0 heterocycles. The molecule has 0 aromatic heterocycles. The lowest BCUT2D eigenvalue weighted by molar-refractivity contribution is 0.169. The molecule has 1 unspecified atom stereocenters. The third-order valence-electron chi connectivity index (χ3n) is 3.79. The molecule has 1 atom stereocenters. The number of hydrogen-bond donors (Lipinski definition) is 2. The number of hydrogen-bond acceptors (Lipinski definition) is 2. The van der Waals surface area contributed by atoms with Gasteiger partial charge in [0.2, 0.25) is 0 Å². The van der Waals surface area contributed by atoms with Crippen molar-refractivity contribution in [3.05, 3.63) is 34.4 Å². The fraction of sp³-hybridized carbons (Fsp3) is 0.600. The van der Waals surface area contributed by atoms with Gasteiger partial charge in [-0.2, -0.15) is 0 Å². The van der Waals surface area contributed by atoms with Gasteiger partial charge in [-0.3, -0.25) is 0 Å². The minimum atomic E-state index is -0.175. The third kappa shape index (κ3) is 3.55. The summed E-state index contributed by atoms with van der Waals surface area (Å²) in [7, 11) is 0. The van der Waals surface area contributed by atoms with Gasteiger partial charge in [0, 0.05) is 12.1 Å². The second-order valence-electron chi connectivity index (χ2n) is 5.29.